The van der Waals surface area contributed by atoms with Gasteiger partial charge < -0.3 is 0 Å². The second kappa shape index (κ2) is 5.46. The van der Waals surface area contributed by atoms with Crippen LogP contribution in [0.15, 0.2) is 11.4 Å². The summed E-state index contributed by atoms with van der Waals surface area (Å²) < 4.78 is 11.3. The molecule has 4 heteroatoms. The maximum absolute atomic E-state index is 11.3. The lowest BCUT2D eigenvalue weighted by atomic mass is 9.73. The molecule has 0 rings (SSSR count). The molecule has 0 fully saturated rings. The van der Waals surface area contributed by atoms with E-state index in [2.05, 4.69) is 34.6 Å². The summed E-state index contributed by atoms with van der Waals surface area (Å²) in [5.41, 5.74) is 1.46. The predicted octanol–water partition coefficient (Wildman–Crippen LogP) is 6.41. The van der Waals surface area contributed by atoms with Crippen LogP contribution in [0.25, 0.3) is 0 Å². The molecule has 0 saturated heterocycles. The number of hydrogen-bond acceptors (Lipinski definition) is 1. The third kappa shape index (κ3) is 9.75. The van der Waals surface area contributed by atoms with Crippen molar-refractivity contribution in [1.29, 1.82) is 0 Å². The lowest BCUT2D eigenvalue weighted by Crippen LogP contribution is -2.20. The predicted molar refractivity (Wildman–Crippen MR) is 75.5 cm³/mol. The summed E-state index contributed by atoms with van der Waals surface area (Å²) in [6.45, 7) is 13.0. The van der Waals surface area contributed by atoms with Gasteiger partial charge in [0.2, 0.25) is 0 Å². The summed E-state index contributed by atoms with van der Waals surface area (Å²) in [5, 5.41) is 0. The smallest absolute Gasteiger partial charge is 0.274 e. The molecule has 16 heavy (non-hydrogen) atoms. The number of halogens is 2. The third-order valence-electron chi connectivity index (χ3n) is 2.14. The standard InChI is InChI=1S/C12H23Cl2OP/c1-10(8-16(13,14)15)7-12(5,6)9-11(2,3)4/h8H,7,9H2,1-6H3/b10-8+. The van der Waals surface area contributed by atoms with E-state index in [0.717, 1.165) is 18.4 Å². The van der Waals surface area contributed by atoms with Crippen molar-refractivity contribution in [3.05, 3.63) is 11.4 Å². The quantitative estimate of drug-likeness (QED) is 0.545. The Bertz CT molecular complexity index is 307. The van der Waals surface area contributed by atoms with E-state index in [0.29, 0.717) is 0 Å². The number of allylic oxidation sites excluding steroid dienone is 1. The SMILES string of the molecule is C/C(=C\P(=O)(Cl)Cl)CC(C)(C)CC(C)(C)C. The van der Waals surface area contributed by atoms with Gasteiger partial charge in [-0.05, 0) is 53.1 Å². The molecule has 0 amide bonds. The molecule has 0 aromatic carbocycles. The van der Waals surface area contributed by atoms with E-state index >= 15 is 0 Å². The van der Waals surface area contributed by atoms with Gasteiger partial charge in [0.25, 0.3) is 5.85 Å². The van der Waals surface area contributed by atoms with Crippen LogP contribution < -0.4 is 0 Å². The summed E-state index contributed by atoms with van der Waals surface area (Å²) in [5.74, 6) is -1.58. The molecule has 0 unspecified atom stereocenters. The highest BCUT2D eigenvalue weighted by atomic mass is 35.9. The van der Waals surface area contributed by atoms with Gasteiger partial charge in [0.05, 0.1) is 0 Å². The molecule has 0 atom stereocenters. The monoisotopic (exact) mass is 284 g/mol. The molecular weight excluding hydrogens is 262 g/mol. The fourth-order valence-electron chi connectivity index (χ4n) is 2.56. The maximum atomic E-state index is 11.3. The summed E-state index contributed by atoms with van der Waals surface area (Å²) in [4.78, 5) is 0. The van der Waals surface area contributed by atoms with E-state index in [1.807, 2.05) is 6.92 Å². The highest BCUT2D eigenvalue weighted by Crippen LogP contribution is 2.59. The molecular formula is C12H23Cl2OP. The molecule has 0 aromatic rings. The molecule has 0 spiro atoms. The number of hydrogen-bond donors (Lipinski definition) is 0. The fraction of sp³-hybridized carbons (Fsp3) is 0.833. The molecule has 1 nitrogen and oxygen atoms in total. The zero-order valence-corrected chi connectivity index (χ0v) is 13.5. The minimum atomic E-state index is -3.08. The first-order valence-corrected chi connectivity index (χ1v) is 9.07. The van der Waals surface area contributed by atoms with E-state index in [1.165, 1.54) is 5.82 Å². The summed E-state index contributed by atoms with van der Waals surface area (Å²) >= 11 is 11.1. The largest absolute Gasteiger partial charge is 0.285 e. The first-order chi connectivity index (χ1) is 6.81. The van der Waals surface area contributed by atoms with Crippen molar-refractivity contribution in [3.63, 3.8) is 0 Å². The Morgan fingerprint density at radius 1 is 1.19 bits per heavy atom. The fourth-order valence-corrected chi connectivity index (χ4v) is 4.16. The average Bonchev–Trinajstić information content (AvgIpc) is 1.70. The second-order valence-corrected chi connectivity index (χ2v) is 11.4. The van der Waals surface area contributed by atoms with E-state index in [4.69, 9.17) is 22.5 Å². The molecule has 0 radical (unpaired) electrons. The molecule has 0 aliphatic carbocycles. The Hall–Kier alpha value is 0.550. The Balaban J connectivity index is 4.61. The van der Waals surface area contributed by atoms with Gasteiger partial charge in [0.15, 0.2) is 0 Å². The van der Waals surface area contributed by atoms with Gasteiger partial charge in [-0.3, -0.25) is 4.57 Å². The zero-order chi connectivity index (χ0) is 13.2. The molecule has 0 aromatic heterocycles. The van der Waals surface area contributed by atoms with Gasteiger partial charge in [-0.15, -0.1) is 0 Å². The molecule has 0 aliphatic rings. The van der Waals surface area contributed by atoms with Crippen molar-refractivity contribution in [3.8, 4) is 0 Å². The van der Waals surface area contributed by atoms with Crippen molar-refractivity contribution in [2.24, 2.45) is 10.8 Å². The topological polar surface area (TPSA) is 17.1 Å². The van der Waals surface area contributed by atoms with E-state index in [1.54, 1.807) is 0 Å². The van der Waals surface area contributed by atoms with E-state index < -0.39 is 5.85 Å². The molecule has 0 aliphatic heterocycles. The Labute approximate surface area is 110 Å². The van der Waals surface area contributed by atoms with Crippen LogP contribution in [0.1, 0.15) is 54.4 Å². The highest BCUT2D eigenvalue weighted by molar-refractivity contribution is 8.10. The van der Waals surface area contributed by atoms with Crippen molar-refractivity contribution < 1.29 is 4.57 Å². The van der Waals surface area contributed by atoms with Crippen LogP contribution in [-0.2, 0) is 4.57 Å². The Morgan fingerprint density at radius 3 is 1.94 bits per heavy atom. The van der Waals surface area contributed by atoms with Gasteiger partial charge in [0.1, 0.15) is 0 Å². The highest BCUT2D eigenvalue weighted by Gasteiger charge is 2.26. The van der Waals surface area contributed by atoms with Gasteiger partial charge in [-0.2, -0.15) is 0 Å². The average molecular weight is 285 g/mol. The van der Waals surface area contributed by atoms with Crippen molar-refractivity contribution in [2.45, 2.75) is 54.4 Å². The summed E-state index contributed by atoms with van der Waals surface area (Å²) in [7, 11) is 0. The Kier molecular flexibility index (Phi) is 5.65. The first kappa shape index (κ1) is 16.6. The molecule has 0 N–H and O–H groups in total. The lowest BCUT2D eigenvalue weighted by molar-refractivity contribution is 0.211. The van der Waals surface area contributed by atoms with Gasteiger partial charge in [0, 0.05) is 5.82 Å². The van der Waals surface area contributed by atoms with Crippen molar-refractivity contribution in [2.75, 3.05) is 0 Å². The van der Waals surface area contributed by atoms with Crippen LogP contribution in [0.4, 0.5) is 0 Å². The third-order valence-corrected chi connectivity index (χ3v) is 3.46. The van der Waals surface area contributed by atoms with Gasteiger partial charge in [-0.25, -0.2) is 0 Å². The van der Waals surface area contributed by atoms with E-state index in [-0.39, 0.29) is 10.8 Å². The van der Waals surface area contributed by atoms with Gasteiger partial charge in [-0.1, -0.05) is 40.2 Å². The van der Waals surface area contributed by atoms with Crippen LogP contribution in [0.3, 0.4) is 0 Å². The van der Waals surface area contributed by atoms with Crippen LogP contribution in [0, 0.1) is 10.8 Å². The minimum absolute atomic E-state index is 0.168. The van der Waals surface area contributed by atoms with Crippen LogP contribution in [0.5, 0.6) is 0 Å². The van der Waals surface area contributed by atoms with E-state index in [9.17, 15) is 4.57 Å². The Morgan fingerprint density at radius 2 is 1.62 bits per heavy atom. The van der Waals surface area contributed by atoms with Crippen LogP contribution >= 0.6 is 28.3 Å². The summed E-state index contributed by atoms with van der Waals surface area (Å²) in [6.07, 6.45) is 1.97. The normalized spacial score (nSPS) is 15.4. The molecule has 0 bridgehead atoms. The zero-order valence-electron chi connectivity index (χ0n) is 11.1. The maximum Gasteiger partial charge on any atom is 0.274 e. The molecule has 0 saturated carbocycles. The second-order valence-electron chi connectivity index (χ2n) is 6.56. The number of rotatable bonds is 4. The van der Waals surface area contributed by atoms with Crippen LogP contribution in [-0.4, -0.2) is 0 Å². The van der Waals surface area contributed by atoms with Crippen molar-refractivity contribution >= 4 is 28.3 Å². The van der Waals surface area contributed by atoms with Crippen LogP contribution in [0.2, 0.25) is 0 Å². The molecule has 96 valence electrons. The lowest BCUT2D eigenvalue weighted by Gasteiger charge is -2.32. The van der Waals surface area contributed by atoms with Gasteiger partial charge >= 0.3 is 0 Å². The molecule has 0 heterocycles. The van der Waals surface area contributed by atoms with Crippen molar-refractivity contribution in [1.82, 2.24) is 0 Å². The summed E-state index contributed by atoms with van der Waals surface area (Å²) in [6, 6.07) is 0. The first-order valence-electron chi connectivity index (χ1n) is 5.48. The minimum Gasteiger partial charge on any atom is -0.285 e.